The third-order valence-corrected chi connectivity index (χ3v) is 5.88. The number of nitrogens with zero attached hydrogens (tertiary/aromatic N) is 3. The number of aromatic nitrogens is 2. The van der Waals surface area contributed by atoms with Gasteiger partial charge in [0.2, 0.25) is 0 Å². The maximum atomic E-state index is 13.1. The van der Waals surface area contributed by atoms with Crippen LogP contribution in [0.2, 0.25) is 0 Å². The molecule has 1 saturated heterocycles. The number of benzene rings is 1. The first-order valence-corrected chi connectivity index (χ1v) is 10.5. The van der Waals surface area contributed by atoms with E-state index in [9.17, 15) is 9.59 Å². The summed E-state index contributed by atoms with van der Waals surface area (Å²) < 4.78 is 1.86. The van der Waals surface area contributed by atoms with Gasteiger partial charge in [0.15, 0.2) is 0 Å². The van der Waals surface area contributed by atoms with Gasteiger partial charge >= 0.3 is 0 Å². The number of aliphatic hydroxyl groups is 1. The van der Waals surface area contributed by atoms with E-state index in [2.05, 4.69) is 10.3 Å². The first kappa shape index (κ1) is 20.3. The van der Waals surface area contributed by atoms with Gasteiger partial charge in [-0.1, -0.05) is 60.4 Å². The van der Waals surface area contributed by atoms with E-state index in [4.69, 9.17) is 17.3 Å². The van der Waals surface area contributed by atoms with Crippen LogP contribution in [0, 0.1) is 0 Å². The molecule has 1 fully saturated rings. The van der Waals surface area contributed by atoms with E-state index >= 15 is 0 Å². The molecule has 30 heavy (non-hydrogen) atoms. The summed E-state index contributed by atoms with van der Waals surface area (Å²) in [7, 11) is 0. The molecule has 0 atom stereocenters. The van der Waals surface area contributed by atoms with Crippen LogP contribution >= 0.6 is 24.0 Å². The number of nitrogens with one attached hydrogen (secondary N) is 1. The molecule has 1 aliphatic rings. The lowest BCUT2D eigenvalue weighted by molar-refractivity contribution is -0.122. The highest BCUT2D eigenvalue weighted by atomic mass is 32.2. The molecule has 4 rings (SSSR count). The fraction of sp³-hybridized carbons (Fsp3) is 0.143. The third kappa shape index (κ3) is 4.00. The van der Waals surface area contributed by atoms with E-state index in [-0.39, 0.29) is 30.2 Å². The molecular weight excluding hydrogens is 420 g/mol. The molecule has 0 bridgehead atoms. The first-order valence-electron chi connectivity index (χ1n) is 9.24. The van der Waals surface area contributed by atoms with E-state index in [0.29, 0.717) is 27.2 Å². The molecule has 0 radical (unpaired) electrons. The van der Waals surface area contributed by atoms with Crippen LogP contribution in [0.15, 0.2) is 64.4 Å². The molecular formula is C21H18N4O3S2. The van der Waals surface area contributed by atoms with Gasteiger partial charge in [0.05, 0.1) is 23.6 Å². The Morgan fingerprint density at radius 1 is 1.13 bits per heavy atom. The number of hydrogen-bond acceptors (Lipinski definition) is 7. The number of carbonyl (C=O) groups is 1. The van der Waals surface area contributed by atoms with Crippen molar-refractivity contribution in [3.63, 3.8) is 0 Å². The minimum atomic E-state index is -0.311. The molecule has 0 aliphatic carbocycles. The van der Waals surface area contributed by atoms with Crippen molar-refractivity contribution in [3.8, 4) is 0 Å². The summed E-state index contributed by atoms with van der Waals surface area (Å²) in [6, 6.07) is 14.8. The minimum Gasteiger partial charge on any atom is -0.395 e. The SMILES string of the molecule is O=C1/C(=C\c2c(NCCO)nc3ccccn3c2=O)SC(=S)N1Cc1ccccc1. The van der Waals surface area contributed by atoms with Gasteiger partial charge in [0.1, 0.15) is 15.8 Å². The van der Waals surface area contributed by atoms with E-state index < -0.39 is 0 Å². The fourth-order valence-electron chi connectivity index (χ4n) is 3.08. The molecule has 0 spiro atoms. The molecule has 2 aromatic heterocycles. The summed E-state index contributed by atoms with van der Waals surface area (Å²) in [5.41, 5.74) is 1.37. The summed E-state index contributed by atoms with van der Waals surface area (Å²) >= 11 is 6.56. The van der Waals surface area contributed by atoms with Gasteiger partial charge < -0.3 is 10.4 Å². The van der Waals surface area contributed by atoms with Crippen LogP contribution in [0.25, 0.3) is 11.7 Å². The van der Waals surface area contributed by atoms with Gasteiger partial charge in [-0.15, -0.1) is 0 Å². The quantitative estimate of drug-likeness (QED) is 0.452. The second kappa shape index (κ2) is 8.78. The van der Waals surface area contributed by atoms with E-state index in [1.807, 2.05) is 30.3 Å². The van der Waals surface area contributed by atoms with Crippen LogP contribution in [-0.2, 0) is 11.3 Å². The van der Waals surface area contributed by atoms with Gasteiger partial charge in [-0.25, -0.2) is 4.98 Å². The molecule has 7 nitrogen and oxygen atoms in total. The average molecular weight is 439 g/mol. The zero-order valence-electron chi connectivity index (χ0n) is 15.8. The number of thioether (sulfide) groups is 1. The number of carbonyl (C=O) groups excluding carboxylic acids is 1. The van der Waals surface area contributed by atoms with Crippen LogP contribution in [0.5, 0.6) is 0 Å². The maximum absolute atomic E-state index is 13.1. The Bertz CT molecular complexity index is 1210. The number of fused-ring (bicyclic) bond motifs is 1. The summed E-state index contributed by atoms with van der Waals surface area (Å²) in [5, 5.41) is 12.1. The highest BCUT2D eigenvalue weighted by Crippen LogP contribution is 2.34. The molecule has 9 heteroatoms. The lowest BCUT2D eigenvalue weighted by atomic mass is 10.2. The lowest BCUT2D eigenvalue weighted by Gasteiger charge is -2.14. The summed E-state index contributed by atoms with van der Waals surface area (Å²) in [6.45, 7) is 0.479. The second-order valence-electron chi connectivity index (χ2n) is 6.51. The Morgan fingerprint density at radius 2 is 1.90 bits per heavy atom. The Hall–Kier alpha value is -3.01. The standard InChI is InChI=1S/C21H18N4O3S2/c26-11-9-22-18-15(19(27)24-10-5-4-8-17(24)23-18)12-16-20(28)25(21(29)30-16)13-14-6-2-1-3-7-14/h1-8,10,12,22,26H,9,11,13H2/b16-12+. The maximum Gasteiger partial charge on any atom is 0.267 e. The van der Waals surface area contributed by atoms with E-state index in [1.165, 1.54) is 15.4 Å². The molecule has 1 aromatic carbocycles. The number of aliphatic hydroxyl groups excluding tert-OH is 1. The van der Waals surface area contributed by atoms with Crippen molar-refractivity contribution in [1.29, 1.82) is 0 Å². The van der Waals surface area contributed by atoms with E-state index in [1.54, 1.807) is 24.4 Å². The average Bonchev–Trinajstić information content (AvgIpc) is 3.02. The number of hydrogen-bond donors (Lipinski definition) is 2. The zero-order valence-corrected chi connectivity index (χ0v) is 17.4. The van der Waals surface area contributed by atoms with Crippen molar-refractivity contribution >= 4 is 51.7 Å². The molecule has 3 aromatic rings. The molecule has 2 N–H and O–H groups in total. The highest BCUT2D eigenvalue weighted by molar-refractivity contribution is 8.26. The molecule has 152 valence electrons. The Balaban J connectivity index is 1.73. The van der Waals surface area contributed by atoms with Crippen LogP contribution < -0.4 is 10.9 Å². The molecule has 3 heterocycles. The van der Waals surface area contributed by atoms with Crippen LogP contribution in [0.4, 0.5) is 5.82 Å². The first-order chi connectivity index (χ1) is 14.6. The Kier molecular flexibility index (Phi) is 5.93. The number of rotatable bonds is 6. The molecule has 0 saturated carbocycles. The lowest BCUT2D eigenvalue weighted by Crippen LogP contribution is -2.27. The van der Waals surface area contributed by atoms with Gasteiger partial charge in [0, 0.05) is 12.7 Å². The van der Waals surface area contributed by atoms with Crippen LogP contribution in [0.1, 0.15) is 11.1 Å². The Labute approximate surface area is 182 Å². The highest BCUT2D eigenvalue weighted by Gasteiger charge is 2.32. The van der Waals surface area contributed by atoms with Crippen LogP contribution in [-0.4, -0.2) is 42.8 Å². The van der Waals surface area contributed by atoms with Crippen molar-refractivity contribution in [1.82, 2.24) is 14.3 Å². The monoisotopic (exact) mass is 438 g/mol. The second-order valence-corrected chi connectivity index (χ2v) is 8.19. The third-order valence-electron chi connectivity index (χ3n) is 4.51. The van der Waals surface area contributed by atoms with Gasteiger partial charge in [0.25, 0.3) is 11.5 Å². The van der Waals surface area contributed by atoms with Crippen molar-refractivity contribution in [2.75, 3.05) is 18.5 Å². The zero-order chi connectivity index (χ0) is 21.1. The topological polar surface area (TPSA) is 86.9 Å². The van der Waals surface area contributed by atoms with Crippen LogP contribution in [0.3, 0.4) is 0 Å². The normalized spacial score (nSPS) is 15.4. The number of anilines is 1. The fourth-order valence-corrected chi connectivity index (χ4v) is 4.31. The van der Waals surface area contributed by atoms with Crippen molar-refractivity contribution < 1.29 is 9.90 Å². The van der Waals surface area contributed by atoms with Gasteiger partial charge in [-0.05, 0) is 23.8 Å². The molecule has 1 aliphatic heterocycles. The number of thiocarbonyl (C=S) groups is 1. The molecule has 0 unspecified atom stereocenters. The predicted molar refractivity (Wildman–Crippen MR) is 122 cm³/mol. The largest absolute Gasteiger partial charge is 0.395 e. The van der Waals surface area contributed by atoms with Crippen molar-refractivity contribution in [3.05, 3.63) is 81.1 Å². The summed E-state index contributed by atoms with van der Waals surface area (Å²) in [5.74, 6) is 0.0631. The van der Waals surface area contributed by atoms with Gasteiger partial charge in [-0.2, -0.15) is 0 Å². The smallest absolute Gasteiger partial charge is 0.267 e. The summed E-state index contributed by atoms with van der Waals surface area (Å²) in [4.78, 5) is 32.4. The number of pyridine rings is 1. The van der Waals surface area contributed by atoms with Gasteiger partial charge in [-0.3, -0.25) is 18.9 Å². The minimum absolute atomic E-state index is 0.117. The van der Waals surface area contributed by atoms with Crippen molar-refractivity contribution in [2.24, 2.45) is 0 Å². The molecule has 1 amide bonds. The summed E-state index contributed by atoms with van der Waals surface area (Å²) in [6.07, 6.45) is 3.15. The van der Waals surface area contributed by atoms with Crippen molar-refractivity contribution in [2.45, 2.75) is 6.54 Å². The van der Waals surface area contributed by atoms with E-state index in [0.717, 1.165) is 17.3 Å². The number of amides is 1. The Morgan fingerprint density at radius 3 is 2.67 bits per heavy atom. The predicted octanol–water partition coefficient (Wildman–Crippen LogP) is 2.50.